The van der Waals surface area contributed by atoms with Gasteiger partial charge in [-0.15, -0.1) is 0 Å². The largest absolute Gasteiger partial charge is 0.429 e. The van der Waals surface area contributed by atoms with E-state index >= 15 is 0 Å². The molecule has 0 amide bonds. The van der Waals surface area contributed by atoms with E-state index in [9.17, 15) is 0 Å². The number of anilines is 1. The Kier molecular flexibility index (Phi) is 4.62. The smallest absolute Gasteiger partial charge is 0.247 e. The van der Waals surface area contributed by atoms with E-state index in [1.807, 2.05) is 12.2 Å². The van der Waals surface area contributed by atoms with Crippen LogP contribution in [0.15, 0.2) is 38.8 Å². The van der Waals surface area contributed by atoms with Crippen LogP contribution in [0, 0.1) is 0 Å². The summed E-state index contributed by atoms with van der Waals surface area (Å²) in [7, 11) is 0. The second kappa shape index (κ2) is 7.20. The molecule has 1 fully saturated rings. The van der Waals surface area contributed by atoms with Gasteiger partial charge < -0.3 is 19.4 Å². The second-order valence-corrected chi connectivity index (χ2v) is 6.07. The lowest BCUT2D eigenvalue weighted by atomic mass is 10.2. The third kappa shape index (κ3) is 3.49. The number of amidine groups is 1. The van der Waals surface area contributed by atoms with Gasteiger partial charge >= 0.3 is 0 Å². The van der Waals surface area contributed by atoms with Crippen LogP contribution in [0.1, 0.15) is 30.9 Å². The molecule has 8 heteroatoms. The Morgan fingerprint density at radius 2 is 2.12 bits per heavy atom. The SMILES string of the molecule is NC1N=C(N2CCCOCC2)c2oc(C3=N/C=C\CCC=C3)nc2N1. The number of hydrogen-bond donors (Lipinski definition) is 2. The minimum atomic E-state index is -0.542. The van der Waals surface area contributed by atoms with Crippen molar-refractivity contribution in [1.29, 1.82) is 0 Å². The monoisotopic (exact) mass is 342 g/mol. The van der Waals surface area contributed by atoms with Crippen LogP contribution in [0.5, 0.6) is 0 Å². The normalized spacial score (nSPS) is 25.0. The minimum absolute atomic E-state index is 0.466. The average Bonchev–Trinajstić information content (AvgIpc) is 2.81. The van der Waals surface area contributed by atoms with Crippen LogP contribution in [0.2, 0.25) is 0 Å². The number of nitrogens with two attached hydrogens (primary N) is 1. The molecule has 4 heterocycles. The number of oxazole rings is 1. The molecule has 3 N–H and O–H groups in total. The van der Waals surface area contributed by atoms with Crippen LogP contribution < -0.4 is 11.1 Å². The highest BCUT2D eigenvalue weighted by Gasteiger charge is 2.30. The maximum absolute atomic E-state index is 6.04. The number of aromatic nitrogens is 1. The zero-order valence-corrected chi connectivity index (χ0v) is 14.0. The van der Waals surface area contributed by atoms with Crippen molar-refractivity contribution in [1.82, 2.24) is 9.88 Å². The number of hydrogen-bond acceptors (Lipinski definition) is 8. The fraction of sp³-hybridized carbons (Fsp3) is 0.471. The first-order valence-corrected chi connectivity index (χ1v) is 8.65. The van der Waals surface area contributed by atoms with Gasteiger partial charge in [0.25, 0.3) is 0 Å². The molecule has 3 aliphatic heterocycles. The summed E-state index contributed by atoms with van der Waals surface area (Å²) in [5, 5.41) is 3.06. The van der Waals surface area contributed by atoms with Gasteiger partial charge in [-0.25, -0.2) is 4.99 Å². The zero-order chi connectivity index (χ0) is 17.1. The summed E-state index contributed by atoms with van der Waals surface area (Å²) in [6.45, 7) is 3.03. The van der Waals surface area contributed by atoms with Gasteiger partial charge in [-0.05, 0) is 25.3 Å². The van der Waals surface area contributed by atoms with Crippen molar-refractivity contribution in [2.45, 2.75) is 25.6 Å². The van der Waals surface area contributed by atoms with Gasteiger partial charge in [0.2, 0.25) is 11.7 Å². The first kappa shape index (κ1) is 16.0. The van der Waals surface area contributed by atoms with E-state index in [-0.39, 0.29) is 0 Å². The lowest BCUT2D eigenvalue weighted by Crippen LogP contribution is -2.41. The molecule has 1 saturated heterocycles. The van der Waals surface area contributed by atoms with Crippen LogP contribution in [-0.2, 0) is 4.74 Å². The molecule has 0 aliphatic carbocycles. The number of nitrogens with zero attached hydrogens (tertiary/aromatic N) is 4. The third-order valence-electron chi connectivity index (χ3n) is 4.21. The molecule has 132 valence electrons. The molecule has 0 spiro atoms. The lowest BCUT2D eigenvalue weighted by molar-refractivity contribution is 0.147. The van der Waals surface area contributed by atoms with Crippen molar-refractivity contribution in [2.24, 2.45) is 15.7 Å². The average molecular weight is 342 g/mol. The van der Waals surface area contributed by atoms with Crippen molar-refractivity contribution in [2.75, 3.05) is 31.6 Å². The van der Waals surface area contributed by atoms with E-state index in [1.54, 1.807) is 6.20 Å². The molecule has 1 aromatic rings. The van der Waals surface area contributed by atoms with Gasteiger partial charge in [0.05, 0.1) is 6.61 Å². The molecule has 8 nitrogen and oxygen atoms in total. The standard InChI is InChI=1S/C17H22N6O2/c18-17-21-14-13(15(22-17)23-8-5-10-24-11-9-23)25-16(20-14)12-6-3-1-2-4-7-19-12/h3-4,6-7,17,21H,1-2,5,8-11,18H2/b6-3?,7-4-,19-12?. The van der Waals surface area contributed by atoms with Gasteiger partial charge in [-0.3, -0.25) is 10.7 Å². The maximum atomic E-state index is 6.04. The Morgan fingerprint density at radius 1 is 1.20 bits per heavy atom. The second-order valence-electron chi connectivity index (χ2n) is 6.07. The van der Waals surface area contributed by atoms with Crippen LogP contribution in [0.4, 0.5) is 5.82 Å². The van der Waals surface area contributed by atoms with Crippen LogP contribution >= 0.6 is 0 Å². The van der Waals surface area contributed by atoms with E-state index in [0.29, 0.717) is 29.8 Å². The predicted octanol–water partition coefficient (Wildman–Crippen LogP) is 1.46. The third-order valence-corrected chi connectivity index (χ3v) is 4.21. The summed E-state index contributed by atoms with van der Waals surface area (Å²) in [5.41, 5.74) is 6.72. The summed E-state index contributed by atoms with van der Waals surface area (Å²) >= 11 is 0. The first-order valence-electron chi connectivity index (χ1n) is 8.65. The fourth-order valence-electron chi connectivity index (χ4n) is 2.99. The topological polar surface area (TPSA) is 101 Å². The Hall–Kier alpha value is -2.45. The molecule has 25 heavy (non-hydrogen) atoms. The quantitative estimate of drug-likeness (QED) is 0.801. The van der Waals surface area contributed by atoms with E-state index < -0.39 is 6.29 Å². The van der Waals surface area contributed by atoms with Gasteiger partial charge in [0, 0.05) is 25.9 Å². The summed E-state index contributed by atoms with van der Waals surface area (Å²) in [6.07, 6.45) is 10.2. The number of allylic oxidation sites excluding steroid dienone is 3. The van der Waals surface area contributed by atoms with Gasteiger partial charge in [-0.1, -0.05) is 12.2 Å². The zero-order valence-electron chi connectivity index (χ0n) is 14.0. The molecule has 0 radical (unpaired) electrons. The number of rotatable bonds is 1. The number of ether oxygens (including phenoxy) is 1. The molecule has 1 aromatic heterocycles. The molecule has 0 aromatic carbocycles. The van der Waals surface area contributed by atoms with Crippen molar-refractivity contribution >= 4 is 17.4 Å². The molecule has 4 rings (SSSR count). The van der Waals surface area contributed by atoms with Crippen LogP contribution in [0.3, 0.4) is 0 Å². The predicted molar refractivity (Wildman–Crippen MR) is 95.7 cm³/mol. The Bertz CT molecular complexity index is 740. The minimum Gasteiger partial charge on any atom is -0.429 e. The van der Waals surface area contributed by atoms with Crippen molar-refractivity contribution in [3.8, 4) is 0 Å². The van der Waals surface area contributed by atoms with E-state index in [4.69, 9.17) is 14.9 Å². The molecule has 3 aliphatic rings. The van der Waals surface area contributed by atoms with Gasteiger partial charge in [0.1, 0.15) is 5.71 Å². The molecular weight excluding hydrogens is 320 g/mol. The summed E-state index contributed by atoms with van der Waals surface area (Å²) in [4.78, 5) is 15.7. The molecule has 0 bridgehead atoms. The Balaban J connectivity index is 1.68. The Labute approximate surface area is 146 Å². The Morgan fingerprint density at radius 3 is 3.08 bits per heavy atom. The van der Waals surface area contributed by atoms with E-state index in [1.165, 1.54) is 0 Å². The molecule has 1 unspecified atom stereocenters. The van der Waals surface area contributed by atoms with E-state index in [0.717, 1.165) is 44.8 Å². The van der Waals surface area contributed by atoms with E-state index in [2.05, 4.69) is 31.3 Å². The van der Waals surface area contributed by atoms with Crippen molar-refractivity contribution in [3.05, 3.63) is 36.1 Å². The summed E-state index contributed by atoms with van der Waals surface area (Å²) in [5.74, 6) is 2.42. The number of nitrogens with one attached hydrogen (secondary N) is 1. The van der Waals surface area contributed by atoms with Crippen LogP contribution in [0.25, 0.3) is 0 Å². The summed E-state index contributed by atoms with van der Waals surface area (Å²) < 4.78 is 11.6. The molecular formula is C17H22N6O2. The number of aliphatic imine (C=N–C) groups is 2. The fourth-order valence-corrected chi connectivity index (χ4v) is 2.99. The molecule has 1 atom stereocenters. The number of fused-ring (bicyclic) bond motifs is 1. The van der Waals surface area contributed by atoms with Gasteiger partial charge in [0.15, 0.2) is 17.9 Å². The maximum Gasteiger partial charge on any atom is 0.247 e. The molecule has 0 saturated carbocycles. The highest BCUT2D eigenvalue weighted by Crippen LogP contribution is 2.25. The van der Waals surface area contributed by atoms with Crippen molar-refractivity contribution in [3.63, 3.8) is 0 Å². The highest BCUT2D eigenvalue weighted by molar-refractivity contribution is 6.08. The highest BCUT2D eigenvalue weighted by atomic mass is 16.5. The first-order chi connectivity index (χ1) is 12.3. The van der Waals surface area contributed by atoms with Gasteiger partial charge in [-0.2, -0.15) is 4.98 Å². The summed E-state index contributed by atoms with van der Waals surface area (Å²) in [6, 6.07) is 0. The lowest BCUT2D eigenvalue weighted by Gasteiger charge is -2.26. The van der Waals surface area contributed by atoms with Crippen LogP contribution in [-0.4, -0.2) is 54.0 Å². The van der Waals surface area contributed by atoms with Crippen molar-refractivity contribution < 1.29 is 9.15 Å².